The zero-order valence-electron chi connectivity index (χ0n) is 24.3. The summed E-state index contributed by atoms with van der Waals surface area (Å²) in [6, 6.07) is 22.8. The van der Waals surface area contributed by atoms with Crippen LogP contribution in [0.2, 0.25) is 5.02 Å². The minimum atomic E-state index is -0.497. The largest absolute Gasteiger partial charge is 0.384 e. The van der Waals surface area contributed by atoms with Gasteiger partial charge in [0.05, 0.1) is 23.2 Å². The Morgan fingerprint density at radius 1 is 1.05 bits per heavy atom. The Hall–Kier alpha value is -3.46. The summed E-state index contributed by atoms with van der Waals surface area (Å²) >= 11 is 7.83. The number of halogens is 1. The van der Waals surface area contributed by atoms with Crippen molar-refractivity contribution in [2.45, 2.75) is 70.4 Å². The monoisotopic (exact) mass is 581 g/mol. The SMILES string of the molecule is CCc1ccccc1N1C(N)=C(C#N)C(c2cc(CSc3ccc(Cl)cc3)c(C)cc2C)C2=C1CC(C)(C)CC2=O. The topological polar surface area (TPSA) is 70.1 Å². The first-order valence-electron chi connectivity index (χ1n) is 14.1. The molecule has 41 heavy (non-hydrogen) atoms. The highest BCUT2D eigenvalue weighted by molar-refractivity contribution is 7.98. The molecule has 0 saturated heterocycles. The second-order valence-corrected chi connectivity index (χ2v) is 13.3. The second-order valence-electron chi connectivity index (χ2n) is 11.8. The minimum Gasteiger partial charge on any atom is -0.384 e. The lowest BCUT2D eigenvalue weighted by atomic mass is 9.68. The third-order valence-corrected chi connectivity index (χ3v) is 9.55. The summed E-state index contributed by atoms with van der Waals surface area (Å²) < 4.78 is 0. The van der Waals surface area contributed by atoms with Gasteiger partial charge in [-0.2, -0.15) is 5.26 Å². The number of thioether (sulfide) groups is 1. The minimum absolute atomic E-state index is 0.0949. The number of carbonyl (C=O) groups excluding carboxylic acids is 1. The molecule has 1 atom stereocenters. The van der Waals surface area contributed by atoms with Crippen LogP contribution in [-0.2, 0) is 17.0 Å². The van der Waals surface area contributed by atoms with E-state index in [4.69, 9.17) is 17.3 Å². The van der Waals surface area contributed by atoms with Crippen LogP contribution < -0.4 is 10.6 Å². The first kappa shape index (κ1) is 29.0. The van der Waals surface area contributed by atoms with E-state index in [0.29, 0.717) is 34.8 Å². The molecule has 1 aliphatic heterocycles. The van der Waals surface area contributed by atoms with Gasteiger partial charge in [0.2, 0.25) is 0 Å². The summed E-state index contributed by atoms with van der Waals surface area (Å²) in [7, 11) is 0. The van der Waals surface area contributed by atoms with Crippen LogP contribution in [0.1, 0.15) is 67.3 Å². The van der Waals surface area contributed by atoms with Crippen LogP contribution in [0.4, 0.5) is 5.69 Å². The molecular formula is C35H36ClN3OS. The van der Waals surface area contributed by atoms with Gasteiger partial charge in [0, 0.05) is 33.4 Å². The van der Waals surface area contributed by atoms with E-state index in [0.717, 1.165) is 45.1 Å². The van der Waals surface area contributed by atoms with Crippen molar-refractivity contribution >= 4 is 34.8 Å². The van der Waals surface area contributed by atoms with Crippen molar-refractivity contribution in [2.75, 3.05) is 4.90 Å². The van der Waals surface area contributed by atoms with Gasteiger partial charge in [0.25, 0.3) is 0 Å². The molecule has 0 fully saturated rings. The number of hydrogen-bond acceptors (Lipinski definition) is 5. The molecule has 3 aromatic rings. The van der Waals surface area contributed by atoms with Crippen LogP contribution in [-0.4, -0.2) is 5.78 Å². The standard InChI is InChI=1S/C35H36ClN3OS/c1-6-23-9-7-8-10-29(23)39-30-17-35(4,5)18-31(40)33(30)32(28(19-37)34(39)38)27-16-24(21(2)15-22(27)3)20-41-26-13-11-25(36)12-14-26/h7-16,32H,6,17-18,20,38H2,1-5H3. The average molecular weight is 582 g/mol. The summed E-state index contributed by atoms with van der Waals surface area (Å²) in [5.41, 5.74) is 15.3. The first-order valence-corrected chi connectivity index (χ1v) is 15.4. The number of anilines is 1. The molecule has 2 N–H and O–H groups in total. The molecule has 1 heterocycles. The van der Waals surface area contributed by atoms with Gasteiger partial charge in [-0.15, -0.1) is 11.8 Å². The number of rotatable bonds is 6. The lowest BCUT2D eigenvalue weighted by Crippen LogP contribution is -2.42. The summed E-state index contributed by atoms with van der Waals surface area (Å²) in [6.07, 6.45) is 1.96. The molecule has 1 unspecified atom stereocenters. The van der Waals surface area contributed by atoms with E-state index in [1.54, 1.807) is 11.8 Å². The maximum absolute atomic E-state index is 14.1. The lowest BCUT2D eigenvalue weighted by molar-refractivity contribution is -0.118. The van der Waals surface area contributed by atoms with Gasteiger partial charge in [-0.25, -0.2) is 0 Å². The zero-order chi connectivity index (χ0) is 29.5. The third-order valence-electron chi connectivity index (χ3n) is 8.24. The van der Waals surface area contributed by atoms with E-state index in [2.05, 4.69) is 58.9 Å². The van der Waals surface area contributed by atoms with Gasteiger partial charge in [0.1, 0.15) is 5.82 Å². The molecular weight excluding hydrogens is 546 g/mol. The molecule has 0 bridgehead atoms. The van der Waals surface area contributed by atoms with Crippen LogP contribution in [0, 0.1) is 30.6 Å². The Morgan fingerprint density at radius 3 is 2.44 bits per heavy atom. The highest BCUT2D eigenvalue weighted by atomic mass is 35.5. The van der Waals surface area contributed by atoms with Crippen LogP contribution in [0.3, 0.4) is 0 Å². The molecule has 2 aliphatic rings. The predicted molar refractivity (Wildman–Crippen MR) is 170 cm³/mol. The molecule has 6 heteroatoms. The van der Waals surface area contributed by atoms with Crippen molar-refractivity contribution in [1.82, 2.24) is 0 Å². The highest BCUT2D eigenvalue weighted by Gasteiger charge is 2.45. The Bertz CT molecular complexity index is 1630. The van der Waals surface area contributed by atoms with Gasteiger partial charge < -0.3 is 5.73 Å². The van der Waals surface area contributed by atoms with Crippen LogP contribution in [0.25, 0.3) is 0 Å². The molecule has 0 saturated carbocycles. The number of nitrogens with zero attached hydrogens (tertiary/aromatic N) is 2. The molecule has 0 radical (unpaired) electrons. The van der Waals surface area contributed by atoms with Crippen molar-refractivity contribution in [1.29, 1.82) is 5.26 Å². The highest BCUT2D eigenvalue weighted by Crippen LogP contribution is 2.51. The molecule has 3 aromatic carbocycles. The summed E-state index contributed by atoms with van der Waals surface area (Å²) in [6.45, 7) is 10.6. The van der Waals surface area contributed by atoms with E-state index >= 15 is 0 Å². The third kappa shape index (κ3) is 5.56. The summed E-state index contributed by atoms with van der Waals surface area (Å²) in [5, 5.41) is 11.3. The second kappa shape index (κ2) is 11.4. The molecule has 0 amide bonds. The lowest BCUT2D eigenvalue weighted by Gasteiger charge is -2.44. The fourth-order valence-corrected chi connectivity index (χ4v) is 7.29. The van der Waals surface area contributed by atoms with E-state index in [1.807, 2.05) is 47.4 Å². The molecule has 4 nitrogen and oxygen atoms in total. The first-order chi connectivity index (χ1) is 19.5. The quantitative estimate of drug-likeness (QED) is 0.295. The van der Waals surface area contributed by atoms with E-state index in [-0.39, 0.29) is 11.2 Å². The van der Waals surface area contributed by atoms with Crippen molar-refractivity contribution in [3.05, 3.63) is 116 Å². The van der Waals surface area contributed by atoms with Crippen molar-refractivity contribution < 1.29 is 4.79 Å². The maximum Gasteiger partial charge on any atom is 0.162 e. The molecule has 1 aliphatic carbocycles. The van der Waals surface area contributed by atoms with Crippen molar-refractivity contribution in [3.63, 3.8) is 0 Å². The zero-order valence-corrected chi connectivity index (χ0v) is 25.9. The summed E-state index contributed by atoms with van der Waals surface area (Å²) in [4.78, 5) is 17.2. The Kier molecular flexibility index (Phi) is 8.10. The number of allylic oxidation sites excluding steroid dienone is 3. The van der Waals surface area contributed by atoms with Gasteiger partial charge in [-0.05, 0) is 90.3 Å². The van der Waals surface area contributed by atoms with Gasteiger partial charge in [0.15, 0.2) is 5.78 Å². The van der Waals surface area contributed by atoms with Crippen molar-refractivity contribution in [3.8, 4) is 6.07 Å². The number of nitrogens with two attached hydrogens (primary N) is 1. The number of ketones is 1. The number of para-hydroxylation sites is 1. The Balaban J connectivity index is 1.67. The number of carbonyl (C=O) groups is 1. The van der Waals surface area contributed by atoms with Gasteiger partial charge in [-0.3, -0.25) is 9.69 Å². The normalized spacial score (nSPS) is 18.4. The number of nitriles is 1. The van der Waals surface area contributed by atoms with Crippen LogP contribution >= 0.6 is 23.4 Å². The van der Waals surface area contributed by atoms with Crippen LogP contribution in [0.15, 0.2) is 88.2 Å². The van der Waals surface area contributed by atoms with Crippen LogP contribution in [0.5, 0.6) is 0 Å². The number of aryl methyl sites for hydroxylation is 3. The number of hydrogen-bond donors (Lipinski definition) is 1. The van der Waals surface area contributed by atoms with E-state index in [9.17, 15) is 10.1 Å². The number of benzene rings is 3. The molecule has 210 valence electrons. The van der Waals surface area contributed by atoms with E-state index < -0.39 is 5.92 Å². The summed E-state index contributed by atoms with van der Waals surface area (Å²) in [5.74, 6) is 0.776. The fourth-order valence-electron chi connectivity index (χ4n) is 6.20. The van der Waals surface area contributed by atoms with Crippen molar-refractivity contribution in [2.24, 2.45) is 11.1 Å². The predicted octanol–water partition coefficient (Wildman–Crippen LogP) is 8.75. The fraction of sp³-hybridized carbons (Fsp3) is 0.314. The molecule has 5 rings (SSSR count). The Labute approximate surface area is 252 Å². The molecule has 0 spiro atoms. The smallest absolute Gasteiger partial charge is 0.162 e. The van der Waals surface area contributed by atoms with Gasteiger partial charge >= 0.3 is 0 Å². The number of Topliss-reactive ketones (excluding diaryl/α,β-unsaturated/α-hetero) is 1. The van der Waals surface area contributed by atoms with E-state index in [1.165, 1.54) is 11.1 Å². The van der Waals surface area contributed by atoms with Gasteiger partial charge in [-0.1, -0.05) is 62.7 Å². The average Bonchev–Trinajstić information content (AvgIpc) is 2.92. The molecule has 0 aromatic heterocycles. The Morgan fingerprint density at radius 2 is 1.76 bits per heavy atom. The maximum atomic E-state index is 14.1.